The Morgan fingerprint density at radius 2 is 1.89 bits per heavy atom. The molecule has 35 heavy (non-hydrogen) atoms. The number of hydrogen-bond acceptors (Lipinski definition) is 7. The van der Waals surface area contributed by atoms with Gasteiger partial charge >= 0.3 is 0 Å². The van der Waals surface area contributed by atoms with Gasteiger partial charge in [0, 0.05) is 30.9 Å². The van der Waals surface area contributed by atoms with Crippen LogP contribution in [-0.4, -0.2) is 50.8 Å². The number of aromatic nitrogens is 5. The van der Waals surface area contributed by atoms with E-state index in [2.05, 4.69) is 34.3 Å². The molecule has 0 radical (unpaired) electrons. The van der Waals surface area contributed by atoms with E-state index in [1.165, 1.54) is 0 Å². The predicted octanol–water partition coefficient (Wildman–Crippen LogP) is 3.45. The Labute approximate surface area is 204 Å². The molecule has 1 amide bonds. The van der Waals surface area contributed by atoms with E-state index in [1.54, 1.807) is 11.2 Å². The Balaban J connectivity index is 1.51. The average Bonchev–Trinajstić information content (AvgIpc) is 3.50. The van der Waals surface area contributed by atoms with Crippen LogP contribution < -0.4 is 15.1 Å². The van der Waals surface area contributed by atoms with Crippen LogP contribution in [0.25, 0.3) is 17.2 Å². The van der Waals surface area contributed by atoms with Gasteiger partial charge in [-0.15, -0.1) is 10.2 Å². The van der Waals surface area contributed by atoms with Crippen molar-refractivity contribution in [3.8, 4) is 17.2 Å². The fourth-order valence-corrected chi connectivity index (χ4v) is 4.18. The fourth-order valence-electron chi connectivity index (χ4n) is 4.18. The molecule has 0 fully saturated rings. The summed E-state index contributed by atoms with van der Waals surface area (Å²) in [5.41, 5.74) is 4.07. The van der Waals surface area contributed by atoms with Gasteiger partial charge in [0.05, 0.1) is 17.8 Å². The number of anilines is 2. The van der Waals surface area contributed by atoms with Gasteiger partial charge in [0.2, 0.25) is 0 Å². The first-order valence-electron chi connectivity index (χ1n) is 11.6. The van der Waals surface area contributed by atoms with Gasteiger partial charge in [-0.3, -0.25) is 14.3 Å². The SMILES string of the molecule is CNCc1nc(N(C)C(C)C)cc2c1CN(c1cccc(-c3nncn3-c3ccccc3)n1)C2=O. The van der Waals surface area contributed by atoms with Crippen molar-refractivity contribution in [3.63, 3.8) is 0 Å². The zero-order valence-electron chi connectivity index (χ0n) is 20.3. The Hall–Kier alpha value is -4.11. The van der Waals surface area contributed by atoms with Gasteiger partial charge in [0.25, 0.3) is 5.91 Å². The lowest BCUT2D eigenvalue weighted by Crippen LogP contribution is -2.27. The van der Waals surface area contributed by atoms with E-state index in [9.17, 15) is 4.79 Å². The maximum atomic E-state index is 13.6. The number of pyridine rings is 2. The van der Waals surface area contributed by atoms with Crippen LogP contribution in [-0.2, 0) is 13.1 Å². The van der Waals surface area contributed by atoms with Crippen molar-refractivity contribution >= 4 is 17.5 Å². The smallest absolute Gasteiger partial charge is 0.260 e. The standard InChI is InChI=1S/C26H28N8O/c1-17(2)32(4)24-13-19-20(22(30-24)14-27-3)15-33(26(19)35)23-12-8-11-21(29-23)25-31-28-16-34(25)18-9-6-5-7-10-18/h5-13,16-17,27H,14-15H2,1-4H3. The molecule has 5 rings (SSSR count). The van der Waals surface area contributed by atoms with Crippen LogP contribution >= 0.6 is 0 Å². The summed E-state index contributed by atoms with van der Waals surface area (Å²) in [5, 5.41) is 11.6. The Morgan fingerprint density at radius 1 is 1.09 bits per heavy atom. The summed E-state index contributed by atoms with van der Waals surface area (Å²) in [5.74, 6) is 1.89. The maximum Gasteiger partial charge on any atom is 0.260 e. The van der Waals surface area contributed by atoms with Crippen LogP contribution in [0.3, 0.4) is 0 Å². The largest absolute Gasteiger partial charge is 0.357 e. The minimum absolute atomic E-state index is 0.0765. The summed E-state index contributed by atoms with van der Waals surface area (Å²) in [6.45, 7) is 5.21. The van der Waals surface area contributed by atoms with Crippen LogP contribution in [0, 0.1) is 0 Å². The molecule has 0 saturated carbocycles. The fraction of sp³-hybridized carbons (Fsp3) is 0.269. The van der Waals surface area contributed by atoms with Crippen molar-refractivity contribution in [2.45, 2.75) is 33.0 Å². The van der Waals surface area contributed by atoms with E-state index >= 15 is 0 Å². The molecule has 0 bridgehead atoms. The van der Waals surface area contributed by atoms with Crippen LogP contribution in [0.2, 0.25) is 0 Å². The molecular formula is C26H28N8O. The van der Waals surface area contributed by atoms with Gasteiger partial charge in [-0.2, -0.15) is 0 Å². The summed E-state index contributed by atoms with van der Waals surface area (Å²) in [7, 11) is 3.88. The van der Waals surface area contributed by atoms with Gasteiger partial charge in [-0.05, 0) is 51.2 Å². The van der Waals surface area contributed by atoms with E-state index in [4.69, 9.17) is 9.97 Å². The van der Waals surface area contributed by atoms with Crippen molar-refractivity contribution in [2.24, 2.45) is 0 Å². The lowest BCUT2D eigenvalue weighted by atomic mass is 10.1. The van der Waals surface area contributed by atoms with Crippen molar-refractivity contribution in [1.82, 2.24) is 30.0 Å². The molecule has 9 heteroatoms. The normalized spacial score (nSPS) is 12.9. The van der Waals surface area contributed by atoms with Gasteiger partial charge in [0.15, 0.2) is 5.82 Å². The first kappa shape index (κ1) is 22.7. The molecule has 1 aliphatic rings. The summed E-state index contributed by atoms with van der Waals surface area (Å²) >= 11 is 0. The minimum atomic E-state index is -0.0765. The Kier molecular flexibility index (Phi) is 6.00. The second-order valence-corrected chi connectivity index (χ2v) is 8.82. The summed E-state index contributed by atoms with van der Waals surface area (Å²) in [4.78, 5) is 27.0. The molecule has 1 aromatic carbocycles. The monoisotopic (exact) mass is 468 g/mol. The first-order chi connectivity index (χ1) is 17.0. The molecule has 4 aromatic rings. The number of carbonyl (C=O) groups excluding carboxylic acids is 1. The van der Waals surface area contributed by atoms with Crippen LogP contribution in [0.5, 0.6) is 0 Å². The number of rotatable bonds is 7. The highest BCUT2D eigenvalue weighted by Gasteiger charge is 2.33. The third-order valence-electron chi connectivity index (χ3n) is 6.29. The highest BCUT2D eigenvalue weighted by Crippen LogP contribution is 2.32. The van der Waals surface area contributed by atoms with Gasteiger partial charge in [-0.25, -0.2) is 9.97 Å². The molecule has 0 saturated heterocycles. The molecular weight excluding hydrogens is 440 g/mol. The summed E-state index contributed by atoms with van der Waals surface area (Å²) in [6.07, 6.45) is 1.67. The highest BCUT2D eigenvalue weighted by atomic mass is 16.2. The zero-order chi connectivity index (χ0) is 24.5. The number of benzene rings is 1. The lowest BCUT2D eigenvalue weighted by Gasteiger charge is -2.24. The third kappa shape index (κ3) is 4.15. The number of nitrogens with zero attached hydrogens (tertiary/aromatic N) is 7. The van der Waals surface area contributed by atoms with E-state index in [0.717, 1.165) is 22.8 Å². The van der Waals surface area contributed by atoms with Crippen LogP contribution in [0.1, 0.15) is 35.5 Å². The predicted molar refractivity (Wildman–Crippen MR) is 136 cm³/mol. The molecule has 1 aliphatic heterocycles. The molecule has 178 valence electrons. The van der Waals surface area contributed by atoms with Gasteiger partial charge in [0.1, 0.15) is 23.7 Å². The van der Waals surface area contributed by atoms with E-state index in [0.29, 0.717) is 36.0 Å². The number of fused-ring (bicyclic) bond motifs is 1. The van der Waals surface area contributed by atoms with Crippen molar-refractivity contribution in [1.29, 1.82) is 0 Å². The third-order valence-corrected chi connectivity index (χ3v) is 6.29. The van der Waals surface area contributed by atoms with E-state index in [-0.39, 0.29) is 11.9 Å². The summed E-state index contributed by atoms with van der Waals surface area (Å²) in [6, 6.07) is 17.6. The van der Waals surface area contributed by atoms with Crippen LogP contribution in [0.15, 0.2) is 60.9 Å². The number of para-hydroxylation sites is 1. The van der Waals surface area contributed by atoms with E-state index in [1.807, 2.05) is 73.3 Å². The second-order valence-electron chi connectivity index (χ2n) is 8.82. The molecule has 0 aliphatic carbocycles. The molecule has 1 N–H and O–H groups in total. The average molecular weight is 469 g/mol. The number of nitrogens with one attached hydrogen (secondary N) is 1. The van der Waals surface area contributed by atoms with Gasteiger partial charge in [-0.1, -0.05) is 24.3 Å². The molecule has 0 spiro atoms. The maximum absolute atomic E-state index is 13.6. The molecule has 4 heterocycles. The number of hydrogen-bond donors (Lipinski definition) is 1. The van der Waals surface area contributed by atoms with E-state index < -0.39 is 0 Å². The molecule has 0 unspecified atom stereocenters. The van der Waals surface area contributed by atoms with Crippen molar-refractivity contribution in [3.05, 3.63) is 77.7 Å². The molecule has 3 aromatic heterocycles. The Bertz CT molecular complexity index is 1370. The minimum Gasteiger partial charge on any atom is -0.357 e. The van der Waals surface area contributed by atoms with Crippen molar-refractivity contribution < 1.29 is 4.79 Å². The first-order valence-corrected chi connectivity index (χ1v) is 11.6. The van der Waals surface area contributed by atoms with Gasteiger partial charge < -0.3 is 10.2 Å². The highest BCUT2D eigenvalue weighted by molar-refractivity contribution is 6.10. The topological polar surface area (TPSA) is 92.1 Å². The number of carbonyl (C=O) groups is 1. The van der Waals surface area contributed by atoms with Crippen LogP contribution in [0.4, 0.5) is 11.6 Å². The second kappa shape index (κ2) is 9.27. The molecule has 9 nitrogen and oxygen atoms in total. The van der Waals surface area contributed by atoms with Crippen molar-refractivity contribution in [2.75, 3.05) is 23.9 Å². The quantitative estimate of drug-likeness (QED) is 0.444. The Morgan fingerprint density at radius 3 is 2.63 bits per heavy atom. The lowest BCUT2D eigenvalue weighted by molar-refractivity contribution is 0.0996. The molecule has 0 atom stereocenters. The summed E-state index contributed by atoms with van der Waals surface area (Å²) < 4.78 is 1.88. The zero-order valence-corrected chi connectivity index (χ0v) is 20.3. The number of amides is 1.